The van der Waals surface area contributed by atoms with Crippen LogP contribution in [0, 0.1) is 6.92 Å². The topological polar surface area (TPSA) is 136 Å². The zero-order valence-electron chi connectivity index (χ0n) is 11.1. The van der Waals surface area contributed by atoms with Crippen molar-refractivity contribution < 1.29 is 0 Å². The summed E-state index contributed by atoms with van der Waals surface area (Å²) in [7, 11) is 0. The number of hydrazine groups is 1. The Labute approximate surface area is 119 Å². The maximum atomic E-state index is 11.4. The number of nitrogens with zero attached hydrogens (tertiary/aromatic N) is 3. The summed E-state index contributed by atoms with van der Waals surface area (Å²) in [6, 6.07) is 1.22. The Morgan fingerprint density at radius 1 is 1.40 bits per heavy atom. The molecule has 20 heavy (non-hydrogen) atoms. The van der Waals surface area contributed by atoms with Crippen LogP contribution in [0.4, 0.5) is 11.6 Å². The van der Waals surface area contributed by atoms with Crippen LogP contribution in [0.5, 0.6) is 0 Å². The van der Waals surface area contributed by atoms with E-state index in [4.69, 9.17) is 11.6 Å². The molecule has 0 atom stereocenters. The lowest BCUT2D eigenvalue weighted by atomic mass is 10.3. The van der Waals surface area contributed by atoms with E-state index in [0.717, 1.165) is 5.56 Å². The van der Waals surface area contributed by atoms with Crippen LogP contribution >= 0.6 is 11.8 Å². The predicted octanol–water partition coefficient (Wildman–Crippen LogP) is 0.450. The second-order valence-corrected chi connectivity index (χ2v) is 4.97. The summed E-state index contributed by atoms with van der Waals surface area (Å²) in [4.78, 5) is 26.7. The number of nitrogens with two attached hydrogens (primary N) is 2. The molecule has 2 aromatic rings. The molecule has 0 aliphatic heterocycles. The normalized spacial score (nSPS) is 10.6. The summed E-state index contributed by atoms with van der Waals surface area (Å²) in [5.74, 6) is 6.80. The Balaban J connectivity index is 2.44. The Hall–Kier alpha value is -2.13. The molecule has 0 aliphatic carbocycles. The van der Waals surface area contributed by atoms with Crippen molar-refractivity contribution in [2.24, 2.45) is 5.84 Å². The van der Waals surface area contributed by atoms with Crippen LogP contribution in [0.15, 0.2) is 21.0 Å². The Kier molecular flexibility index (Phi) is 4.20. The summed E-state index contributed by atoms with van der Waals surface area (Å²) < 4.78 is 0. The van der Waals surface area contributed by atoms with Gasteiger partial charge in [0.05, 0.1) is 0 Å². The van der Waals surface area contributed by atoms with Gasteiger partial charge in [0.25, 0.3) is 5.56 Å². The highest BCUT2D eigenvalue weighted by Gasteiger charge is 2.12. The lowest BCUT2D eigenvalue weighted by Gasteiger charge is -2.10. The number of hydrogen-bond donors (Lipinski definition) is 4. The minimum absolute atomic E-state index is 0.163. The van der Waals surface area contributed by atoms with Gasteiger partial charge in [-0.1, -0.05) is 6.92 Å². The second-order valence-electron chi connectivity index (χ2n) is 3.99. The molecule has 0 aromatic carbocycles. The number of hydrogen-bond acceptors (Lipinski definition) is 8. The monoisotopic (exact) mass is 293 g/mol. The second kappa shape index (κ2) is 5.88. The standard InChI is InChI=1S/C11H15N7OS/c1-3-7-15-9(18-13)5(2)10(16-7)20-11-14-6(12)4-8(19)17-11/h4H,3,13H2,1-2H3,(H,15,16,18)(H3,12,14,17,19). The van der Waals surface area contributed by atoms with Crippen molar-refractivity contribution in [2.75, 3.05) is 11.2 Å². The first-order valence-electron chi connectivity index (χ1n) is 5.92. The molecule has 0 amide bonds. The number of H-pyrrole nitrogens is 1. The Morgan fingerprint density at radius 2 is 2.15 bits per heavy atom. The first kappa shape index (κ1) is 14.3. The summed E-state index contributed by atoms with van der Waals surface area (Å²) in [5, 5.41) is 1.04. The van der Waals surface area contributed by atoms with E-state index in [1.54, 1.807) is 0 Å². The fourth-order valence-corrected chi connectivity index (χ4v) is 2.42. The van der Waals surface area contributed by atoms with Crippen molar-refractivity contribution in [1.29, 1.82) is 0 Å². The van der Waals surface area contributed by atoms with Crippen LogP contribution < -0.4 is 22.6 Å². The van der Waals surface area contributed by atoms with Crippen LogP contribution in [-0.4, -0.2) is 19.9 Å². The number of aryl methyl sites for hydroxylation is 1. The lowest BCUT2D eigenvalue weighted by molar-refractivity contribution is 0.865. The van der Waals surface area contributed by atoms with Crippen LogP contribution in [0.1, 0.15) is 18.3 Å². The van der Waals surface area contributed by atoms with Crippen molar-refractivity contribution in [3.63, 3.8) is 0 Å². The molecule has 0 bridgehead atoms. The van der Waals surface area contributed by atoms with Gasteiger partial charge in [-0.3, -0.25) is 4.79 Å². The zero-order valence-corrected chi connectivity index (χ0v) is 11.9. The molecule has 8 nitrogen and oxygen atoms in total. The molecule has 2 heterocycles. The minimum Gasteiger partial charge on any atom is -0.383 e. The third kappa shape index (κ3) is 3.06. The van der Waals surface area contributed by atoms with Gasteiger partial charge >= 0.3 is 0 Å². The van der Waals surface area contributed by atoms with Crippen molar-refractivity contribution in [1.82, 2.24) is 19.9 Å². The van der Waals surface area contributed by atoms with Gasteiger partial charge in [-0.15, -0.1) is 0 Å². The Morgan fingerprint density at radius 3 is 2.75 bits per heavy atom. The van der Waals surface area contributed by atoms with Crippen molar-refractivity contribution in [3.05, 3.63) is 27.8 Å². The summed E-state index contributed by atoms with van der Waals surface area (Å²) in [6.07, 6.45) is 0.670. The van der Waals surface area contributed by atoms with Crippen LogP contribution in [0.25, 0.3) is 0 Å². The zero-order chi connectivity index (χ0) is 14.7. The smallest absolute Gasteiger partial charge is 0.253 e. The summed E-state index contributed by atoms with van der Waals surface area (Å²) >= 11 is 1.21. The number of nitrogen functional groups attached to an aromatic ring is 2. The molecule has 0 radical (unpaired) electrons. The highest BCUT2D eigenvalue weighted by Crippen LogP contribution is 2.28. The molecule has 0 fully saturated rings. The molecule has 6 N–H and O–H groups in total. The van der Waals surface area contributed by atoms with Crippen molar-refractivity contribution >= 4 is 23.4 Å². The van der Waals surface area contributed by atoms with E-state index >= 15 is 0 Å². The molecule has 9 heteroatoms. The first-order valence-corrected chi connectivity index (χ1v) is 6.74. The van der Waals surface area contributed by atoms with Crippen LogP contribution in [-0.2, 0) is 6.42 Å². The maximum Gasteiger partial charge on any atom is 0.253 e. The van der Waals surface area contributed by atoms with E-state index in [1.165, 1.54) is 17.8 Å². The van der Waals surface area contributed by atoms with Gasteiger partial charge in [-0.05, 0) is 18.7 Å². The van der Waals surface area contributed by atoms with Gasteiger partial charge in [-0.2, -0.15) is 0 Å². The fourth-order valence-electron chi connectivity index (χ4n) is 1.53. The summed E-state index contributed by atoms with van der Waals surface area (Å²) in [6.45, 7) is 3.78. The predicted molar refractivity (Wildman–Crippen MR) is 77.4 cm³/mol. The molecule has 0 aliphatic rings. The third-order valence-corrected chi connectivity index (χ3v) is 3.51. The molecular formula is C11H15N7OS. The number of anilines is 2. The van der Waals surface area contributed by atoms with Gasteiger partial charge in [0.2, 0.25) is 0 Å². The van der Waals surface area contributed by atoms with Gasteiger partial charge < -0.3 is 16.1 Å². The molecule has 0 spiro atoms. The summed E-state index contributed by atoms with van der Waals surface area (Å²) in [5.41, 5.74) is 8.56. The molecule has 0 saturated carbocycles. The quantitative estimate of drug-likeness (QED) is 0.276. The molecular weight excluding hydrogens is 278 g/mol. The van der Waals surface area contributed by atoms with Gasteiger partial charge in [0.15, 0.2) is 5.16 Å². The largest absolute Gasteiger partial charge is 0.383 e. The lowest BCUT2D eigenvalue weighted by Crippen LogP contribution is -2.13. The number of rotatable bonds is 4. The number of aromatic nitrogens is 4. The first-order chi connectivity index (χ1) is 9.53. The van der Waals surface area contributed by atoms with Gasteiger partial charge in [-0.25, -0.2) is 20.8 Å². The minimum atomic E-state index is -0.306. The molecule has 106 valence electrons. The number of aromatic amines is 1. The van der Waals surface area contributed by atoms with E-state index in [2.05, 4.69) is 25.4 Å². The van der Waals surface area contributed by atoms with E-state index in [-0.39, 0.29) is 11.4 Å². The van der Waals surface area contributed by atoms with Crippen molar-refractivity contribution in [2.45, 2.75) is 30.5 Å². The van der Waals surface area contributed by atoms with Crippen LogP contribution in [0.2, 0.25) is 0 Å². The van der Waals surface area contributed by atoms with E-state index in [9.17, 15) is 4.79 Å². The van der Waals surface area contributed by atoms with Crippen LogP contribution in [0.3, 0.4) is 0 Å². The average molecular weight is 293 g/mol. The van der Waals surface area contributed by atoms with Gasteiger partial charge in [0, 0.05) is 18.1 Å². The van der Waals surface area contributed by atoms with Crippen molar-refractivity contribution in [3.8, 4) is 0 Å². The number of nitrogens with one attached hydrogen (secondary N) is 2. The molecule has 0 unspecified atom stereocenters. The average Bonchev–Trinajstić information content (AvgIpc) is 2.40. The van der Waals surface area contributed by atoms with E-state index < -0.39 is 0 Å². The molecule has 0 saturated heterocycles. The fraction of sp³-hybridized carbons (Fsp3) is 0.273. The van der Waals surface area contributed by atoms with Gasteiger partial charge in [0.1, 0.15) is 22.5 Å². The molecule has 2 rings (SSSR count). The van der Waals surface area contributed by atoms with E-state index in [0.29, 0.717) is 28.2 Å². The molecule has 2 aromatic heterocycles. The van der Waals surface area contributed by atoms with E-state index in [1.807, 2.05) is 13.8 Å². The SMILES string of the molecule is CCc1nc(NN)c(C)c(Sc2nc(N)cc(=O)[nH]2)n1. The highest BCUT2D eigenvalue weighted by molar-refractivity contribution is 7.99. The maximum absolute atomic E-state index is 11.4. The highest BCUT2D eigenvalue weighted by atomic mass is 32.2. The Bertz CT molecular complexity index is 685. The third-order valence-electron chi connectivity index (χ3n) is 2.53.